The molecule has 7 nitrogen and oxygen atoms in total. The first-order valence-corrected chi connectivity index (χ1v) is 11.2. The Morgan fingerprint density at radius 1 is 1.06 bits per heavy atom. The molecular formula is C28H28FNO6. The number of fused-ring (bicyclic) bond motifs is 1. The Morgan fingerprint density at radius 3 is 2.33 bits per heavy atom. The molecule has 36 heavy (non-hydrogen) atoms. The highest BCUT2D eigenvalue weighted by Crippen LogP contribution is 2.44. The molecule has 1 amide bonds. The predicted molar refractivity (Wildman–Crippen MR) is 133 cm³/mol. The number of ether oxygens (including phenoxy) is 4. The fourth-order valence-electron chi connectivity index (χ4n) is 4.44. The van der Waals surface area contributed by atoms with Gasteiger partial charge in [-0.05, 0) is 82.8 Å². The standard InChI is InChI=1S/C28H28FNO6/c1-17-22(11-18-12-25(32-2)28(34-4,35-5)26(13-18)33-3)21-9-8-19(29)14-24(21)23(17)15-27(31)30-16-20-7-6-10-36-20/h6-15H,16H2,1-5H3,(H,30,31). The van der Waals surface area contributed by atoms with Crippen molar-refractivity contribution in [3.63, 3.8) is 0 Å². The number of nitrogens with one attached hydrogen (secondary N) is 1. The summed E-state index contributed by atoms with van der Waals surface area (Å²) in [6.45, 7) is 2.15. The Morgan fingerprint density at radius 2 is 1.75 bits per heavy atom. The van der Waals surface area contributed by atoms with E-state index in [0.29, 0.717) is 28.4 Å². The molecule has 1 aromatic carbocycles. The van der Waals surface area contributed by atoms with Crippen LogP contribution in [0.5, 0.6) is 0 Å². The summed E-state index contributed by atoms with van der Waals surface area (Å²) >= 11 is 0. The molecule has 8 heteroatoms. The number of carbonyl (C=O) groups is 1. The Kier molecular flexibility index (Phi) is 7.28. The number of benzene rings is 1. The van der Waals surface area contributed by atoms with E-state index in [2.05, 4.69) is 5.32 Å². The van der Waals surface area contributed by atoms with E-state index in [1.807, 2.05) is 13.0 Å². The lowest BCUT2D eigenvalue weighted by atomic mass is 9.96. The van der Waals surface area contributed by atoms with Gasteiger partial charge in [0.2, 0.25) is 5.91 Å². The molecule has 0 spiro atoms. The highest BCUT2D eigenvalue weighted by Gasteiger charge is 2.44. The van der Waals surface area contributed by atoms with E-state index in [9.17, 15) is 9.18 Å². The minimum atomic E-state index is -1.31. The molecule has 2 aliphatic carbocycles. The van der Waals surface area contributed by atoms with Crippen LogP contribution in [0.2, 0.25) is 0 Å². The molecule has 0 radical (unpaired) electrons. The molecule has 188 valence electrons. The normalized spacial score (nSPS) is 17.5. The minimum Gasteiger partial charge on any atom is -0.495 e. The Labute approximate surface area is 209 Å². The zero-order chi connectivity index (χ0) is 25.9. The summed E-state index contributed by atoms with van der Waals surface area (Å²) < 4.78 is 41.8. The second-order valence-corrected chi connectivity index (χ2v) is 8.18. The van der Waals surface area contributed by atoms with Crippen molar-refractivity contribution >= 4 is 17.1 Å². The van der Waals surface area contributed by atoms with Crippen LogP contribution in [0.15, 0.2) is 88.0 Å². The second kappa shape index (κ2) is 10.4. The molecular weight excluding hydrogens is 465 g/mol. The molecule has 0 fully saturated rings. The van der Waals surface area contributed by atoms with Gasteiger partial charge in [-0.15, -0.1) is 0 Å². The summed E-state index contributed by atoms with van der Waals surface area (Å²) in [5.74, 6) is -0.556. The highest BCUT2D eigenvalue weighted by atomic mass is 19.1. The SMILES string of the molecule is COC1=CC(=CC2=C(C)C(=CC(=O)NCc3ccco3)c3cc(F)ccc32)C=C(OC)C1(OC)OC. The second-order valence-electron chi connectivity index (χ2n) is 8.18. The molecule has 1 N–H and O–H groups in total. The highest BCUT2D eigenvalue weighted by molar-refractivity contribution is 6.08. The number of rotatable bonds is 8. The topological polar surface area (TPSA) is 79.2 Å². The molecule has 1 aromatic heterocycles. The summed E-state index contributed by atoms with van der Waals surface area (Å²) in [5.41, 5.74) is 4.50. The van der Waals surface area contributed by atoms with Crippen molar-refractivity contribution in [1.29, 1.82) is 0 Å². The maximum absolute atomic E-state index is 14.2. The van der Waals surface area contributed by atoms with Gasteiger partial charge in [0.25, 0.3) is 5.79 Å². The van der Waals surface area contributed by atoms with Crippen LogP contribution in [-0.2, 0) is 30.3 Å². The molecule has 1 heterocycles. The fourth-order valence-corrected chi connectivity index (χ4v) is 4.44. The lowest BCUT2D eigenvalue weighted by Gasteiger charge is -2.35. The largest absolute Gasteiger partial charge is 0.495 e. The number of methoxy groups -OCH3 is 4. The average Bonchev–Trinajstić information content (AvgIpc) is 3.49. The van der Waals surface area contributed by atoms with Crippen molar-refractivity contribution in [3.05, 3.63) is 106 Å². The summed E-state index contributed by atoms with van der Waals surface area (Å²) in [7, 11) is 6.05. The van der Waals surface area contributed by atoms with E-state index in [4.69, 9.17) is 23.4 Å². The molecule has 4 rings (SSSR count). The van der Waals surface area contributed by atoms with Crippen molar-refractivity contribution in [2.24, 2.45) is 0 Å². The average molecular weight is 494 g/mol. The lowest BCUT2D eigenvalue weighted by molar-refractivity contribution is -0.195. The van der Waals surface area contributed by atoms with E-state index in [0.717, 1.165) is 22.3 Å². The number of hydrogen-bond acceptors (Lipinski definition) is 6. The van der Waals surface area contributed by atoms with E-state index in [1.165, 1.54) is 46.6 Å². The number of halogens is 1. The van der Waals surface area contributed by atoms with Gasteiger partial charge in [-0.25, -0.2) is 4.39 Å². The fraction of sp³-hybridized carbons (Fsp3) is 0.250. The van der Waals surface area contributed by atoms with Gasteiger partial charge in [0.1, 0.15) is 11.6 Å². The van der Waals surface area contributed by atoms with Crippen molar-refractivity contribution in [2.75, 3.05) is 28.4 Å². The summed E-state index contributed by atoms with van der Waals surface area (Å²) in [6.07, 6.45) is 8.54. The van der Waals surface area contributed by atoms with Gasteiger partial charge in [0.05, 0.1) is 27.0 Å². The molecule has 2 aromatic rings. The third-order valence-corrected chi connectivity index (χ3v) is 6.23. The summed E-state index contributed by atoms with van der Waals surface area (Å²) in [4.78, 5) is 12.7. The quantitative estimate of drug-likeness (QED) is 0.417. The maximum atomic E-state index is 14.2. The van der Waals surface area contributed by atoms with E-state index in [1.54, 1.807) is 36.6 Å². The molecule has 0 saturated carbocycles. The van der Waals surface area contributed by atoms with Crippen LogP contribution in [0.4, 0.5) is 4.39 Å². The Hall–Kier alpha value is -3.88. The van der Waals surface area contributed by atoms with Crippen LogP contribution in [0.3, 0.4) is 0 Å². The van der Waals surface area contributed by atoms with Crippen molar-refractivity contribution in [1.82, 2.24) is 5.32 Å². The smallest absolute Gasteiger partial charge is 0.287 e. The Bertz CT molecular complexity index is 1280. The number of amides is 1. The lowest BCUT2D eigenvalue weighted by Crippen LogP contribution is -2.41. The van der Waals surface area contributed by atoms with Crippen molar-refractivity contribution < 1.29 is 32.5 Å². The van der Waals surface area contributed by atoms with Crippen LogP contribution >= 0.6 is 0 Å². The number of carbonyl (C=O) groups excluding carboxylic acids is 1. The zero-order valence-electron chi connectivity index (χ0n) is 20.8. The van der Waals surface area contributed by atoms with Gasteiger partial charge in [-0.2, -0.15) is 0 Å². The molecule has 0 bridgehead atoms. The van der Waals surface area contributed by atoms with Crippen LogP contribution < -0.4 is 5.32 Å². The molecule has 2 aliphatic rings. The van der Waals surface area contributed by atoms with Crippen LogP contribution in [0.1, 0.15) is 23.8 Å². The van der Waals surface area contributed by atoms with Crippen LogP contribution in [0.25, 0.3) is 11.1 Å². The first-order valence-electron chi connectivity index (χ1n) is 11.2. The number of furan rings is 1. The maximum Gasteiger partial charge on any atom is 0.287 e. The molecule has 0 atom stereocenters. The minimum absolute atomic E-state index is 0.251. The third kappa shape index (κ3) is 4.53. The van der Waals surface area contributed by atoms with Gasteiger partial charge in [-0.1, -0.05) is 6.07 Å². The first-order chi connectivity index (χ1) is 17.4. The van der Waals surface area contributed by atoms with Crippen molar-refractivity contribution in [2.45, 2.75) is 19.3 Å². The van der Waals surface area contributed by atoms with Gasteiger partial charge < -0.3 is 28.7 Å². The molecule has 0 saturated heterocycles. The summed E-state index contributed by atoms with van der Waals surface area (Å²) in [5, 5.41) is 2.80. The van der Waals surface area contributed by atoms with Crippen molar-refractivity contribution in [3.8, 4) is 0 Å². The van der Waals surface area contributed by atoms with E-state index in [-0.39, 0.29) is 18.3 Å². The summed E-state index contributed by atoms with van der Waals surface area (Å²) in [6, 6.07) is 8.08. The molecule has 0 aliphatic heterocycles. The van der Waals surface area contributed by atoms with Gasteiger partial charge in [0.15, 0.2) is 11.5 Å². The van der Waals surface area contributed by atoms with Gasteiger partial charge in [-0.3, -0.25) is 4.79 Å². The monoisotopic (exact) mass is 493 g/mol. The number of allylic oxidation sites excluding steroid dienone is 7. The first kappa shape index (κ1) is 25.2. The van der Waals surface area contributed by atoms with E-state index >= 15 is 0 Å². The zero-order valence-corrected chi connectivity index (χ0v) is 20.8. The molecule has 0 unspecified atom stereocenters. The Balaban J connectivity index is 1.76. The van der Waals surface area contributed by atoms with Gasteiger partial charge >= 0.3 is 0 Å². The van der Waals surface area contributed by atoms with Crippen LogP contribution in [0, 0.1) is 5.82 Å². The van der Waals surface area contributed by atoms with Crippen LogP contribution in [-0.4, -0.2) is 40.1 Å². The third-order valence-electron chi connectivity index (χ3n) is 6.23. The predicted octanol–water partition coefficient (Wildman–Crippen LogP) is 4.90. The van der Waals surface area contributed by atoms with Gasteiger partial charge in [0, 0.05) is 20.3 Å². The van der Waals surface area contributed by atoms with E-state index < -0.39 is 5.79 Å². The number of hydrogen-bond donors (Lipinski definition) is 1.